The largest absolute Gasteiger partial charge is 0.339 e. The molecule has 1 unspecified atom stereocenters. The first kappa shape index (κ1) is 17.0. The molecular weight excluding hydrogens is 256 g/mol. The van der Waals surface area contributed by atoms with Crippen LogP contribution in [0.2, 0.25) is 0 Å². The van der Waals surface area contributed by atoms with Crippen LogP contribution in [0, 0.1) is 0 Å². The van der Waals surface area contributed by atoms with Crippen molar-refractivity contribution in [2.24, 2.45) is 5.73 Å². The summed E-state index contributed by atoms with van der Waals surface area (Å²) in [6.07, 6.45) is 0.376. The Balaban J connectivity index is 0.00000289. The van der Waals surface area contributed by atoms with Gasteiger partial charge in [0.15, 0.2) is 0 Å². The van der Waals surface area contributed by atoms with Gasteiger partial charge in [0, 0.05) is 45.2 Å². The molecule has 1 atom stereocenters. The van der Waals surface area contributed by atoms with E-state index in [1.54, 1.807) is 9.80 Å². The van der Waals surface area contributed by atoms with Crippen molar-refractivity contribution < 1.29 is 9.59 Å². The van der Waals surface area contributed by atoms with Gasteiger partial charge in [-0.1, -0.05) is 0 Å². The van der Waals surface area contributed by atoms with Crippen LogP contribution in [0.4, 0.5) is 4.79 Å². The maximum atomic E-state index is 11.7. The van der Waals surface area contributed by atoms with Gasteiger partial charge in [-0.25, -0.2) is 4.79 Å². The number of hydrogen-bond donors (Lipinski definition) is 2. The zero-order valence-electron chi connectivity index (χ0n) is 11.0. The summed E-state index contributed by atoms with van der Waals surface area (Å²) in [5.74, 6) is 0.0792. The van der Waals surface area contributed by atoms with Gasteiger partial charge in [-0.05, 0) is 13.8 Å². The summed E-state index contributed by atoms with van der Waals surface area (Å²) < 4.78 is 0. The van der Waals surface area contributed by atoms with E-state index >= 15 is 0 Å². The first-order valence-corrected chi connectivity index (χ1v) is 6.10. The standard InChI is InChI=1S/C11H22N4O2.ClH/c1-3-13-11(17)15-6-4-14(5-7-15)10(16)8-9(2)12;/h9H,3-8,12H2,1-2H3,(H,13,17);1H. The van der Waals surface area contributed by atoms with Gasteiger partial charge < -0.3 is 20.9 Å². The molecule has 0 aromatic carbocycles. The molecule has 1 aliphatic heterocycles. The molecule has 1 aliphatic rings. The van der Waals surface area contributed by atoms with Crippen molar-refractivity contribution in [2.45, 2.75) is 26.3 Å². The normalized spacial score (nSPS) is 16.8. The number of nitrogens with one attached hydrogen (secondary N) is 1. The monoisotopic (exact) mass is 278 g/mol. The minimum atomic E-state index is -0.107. The average Bonchev–Trinajstić information content (AvgIpc) is 2.28. The number of hydrogen-bond acceptors (Lipinski definition) is 3. The predicted molar refractivity (Wildman–Crippen MR) is 72.7 cm³/mol. The minimum absolute atomic E-state index is 0. The number of carbonyl (C=O) groups is 2. The van der Waals surface area contributed by atoms with Gasteiger partial charge in [0.25, 0.3) is 0 Å². The second-order valence-electron chi connectivity index (χ2n) is 4.38. The molecule has 0 aromatic heterocycles. The highest BCUT2D eigenvalue weighted by molar-refractivity contribution is 5.85. The van der Waals surface area contributed by atoms with Gasteiger partial charge in [0.2, 0.25) is 5.91 Å². The van der Waals surface area contributed by atoms with Crippen molar-refractivity contribution >= 4 is 24.3 Å². The van der Waals surface area contributed by atoms with Gasteiger partial charge in [-0.2, -0.15) is 0 Å². The SMILES string of the molecule is CCNC(=O)N1CCN(C(=O)CC(C)N)CC1.Cl. The molecule has 1 rings (SSSR count). The molecule has 0 saturated carbocycles. The Morgan fingerprint density at radius 1 is 1.22 bits per heavy atom. The van der Waals surface area contributed by atoms with Crippen LogP contribution in [0.1, 0.15) is 20.3 Å². The van der Waals surface area contributed by atoms with Crippen LogP contribution >= 0.6 is 12.4 Å². The van der Waals surface area contributed by atoms with Crippen LogP contribution in [0.15, 0.2) is 0 Å². The van der Waals surface area contributed by atoms with Crippen molar-refractivity contribution in [1.82, 2.24) is 15.1 Å². The molecule has 0 spiro atoms. The van der Waals surface area contributed by atoms with Gasteiger partial charge in [0.05, 0.1) is 0 Å². The summed E-state index contributed by atoms with van der Waals surface area (Å²) in [7, 11) is 0. The van der Waals surface area contributed by atoms with Crippen LogP contribution in [0.25, 0.3) is 0 Å². The quantitative estimate of drug-likeness (QED) is 0.764. The lowest BCUT2D eigenvalue weighted by atomic mass is 10.2. The van der Waals surface area contributed by atoms with E-state index in [2.05, 4.69) is 5.32 Å². The molecule has 0 aliphatic carbocycles. The van der Waals surface area contributed by atoms with Crippen LogP contribution in [0.3, 0.4) is 0 Å². The Labute approximate surface area is 114 Å². The predicted octanol–water partition coefficient (Wildman–Crippen LogP) is 0.0192. The van der Waals surface area contributed by atoms with E-state index in [9.17, 15) is 9.59 Å². The summed E-state index contributed by atoms with van der Waals surface area (Å²) in [5, 5.41) is 2.76. The Hall–Kier alpha value is -1.01. The molecule has 18 heavy (non-hydrogen) atoms. The first-order chi connectivity index (χ1) is 8.04. The number of rotatable bonds is 3. The summed E-state index contributed by atoms with van der Waals surface area (Å²) in [6.45, 7) is 6.73. The van der Waals surface area contributed by atoms with Crippen LogP contribution in [-0.2, 0) is 4.79 Å². The van der Waals surface area contributed by atoms with Crippen molar-refractivity contribution in [2.75, 3.05) is 32.7 Å². The number of nitrogens with two attached hydrogens (primary N) is 1. The maximum absolute atomic E-state index is 11.7. The highest BCUT2D eigenvalue weighted by Gasteiger charge is 2.23. The zero-order chi connectivity index (χ0) is 12.8. The third-order valence-electron chi connectivity index (χ3n) is 2.74. The number of amides is 3. The first-order valence-electron chi connectivity index (χ1n) is 6.10. The van der Waals surface area contributed by atoms with Gasteiger partial charge in [0.1, 0.15) is 0 Å². The average molecular weight is 279 g/mol. The lowest BCUT2D eigenvalue weighted by Gasteiger charge is -2.35. The van der Waals surface area contributed by atoms with Crippen molar-refractivity contribution in [3.63, 3.8) is 0 Å². The van der Waals surface area contributed by atoms with E-state index in [-0.39, 0.29) is 30.4 Å². The Kier molecular flexibility index (Phi) is 7.70. The van der Waals surface area contributed by atoms with Gasteiger partial charge in [-0.3, -0.25) is 4.79 Å². The summed E-state index contributed by atoms with van der Waals surface area (Å²) in [4.78, 5) is 26.8. The van der Waals surface area contributed by atoms with Gasteiger partial charge >= 0.3 is 6.03 Å². The van der Waals surface area contributed by atoms with E-state index in [0.717, 1.165) is 0 Å². The Morgan fingerprint density at radius 3 is 2.17 bits per heavy atom. The van der Waals surface area contributed by atoms with Crippen LogP contribution in [0.5, 0.6) is 0 Å². The van der Waals surface area contributed by atoms with E-state index < -0.39 is 0 Å². The lowest BCUT2D eigenvalue weighted by molar-refractivity contribution is -0.132. The number of halogens is 1. The molecule has 6 nitrogen and oxygen atoms in total. The second kappa shape index (κ2) is 8.16. The molecule has 0 radical (unpaired) electrons. The molecule has 7 heteroatoms. The molecule has 3 N–H and O–H groups in total. The highest BCUT2D eigenvalue weighted by Crippen LogP contribution is 2.05. The Bertz CT molecular complexity index is 278. The topological polar surface area (TPSA) is 78.7 Å². The third-order valence-corrected chi connectivity index (χ3v) is 2.74. The molecule has 3 amide bonds. The number of piperazine rings is 1. The molecule has 1 saturated heterocycles. The fraction of sp³-hybridized carbons (Fsp3) is 0.818. The van der Waals surface area contributed by atoms with Crippen molar-refractivity contribution in [3.05, 3.63) is 0 Å². The van der Waals surface area contributed by atoms with E-state index in [4.69, 9.17) is 5.73 Å². The molecule has 1 fully saturated rings. The number of urea groups is 1. The highest BCUT2D eigenvalue weighted by atomic mass is 35.5. The zero-order valence-corrected chi connectivity index (χ0v) is 11.8. The smallest absolute Gasteiger partial charge is 0.317 e. The fourth-order valence-corrected chi connectivity index (χ4v) is 1.83. The fourth-order valence-electron chi connectivity index (χ4n) is 1.83. The van der Waals surface area contributed by atoms with E-state index in [0.29, 0.717) is 39.1 Å². The van der Waals surface area contributed by atoms with Crippen LogP contribution in [-0.4, -0.2) is 60.5 Å². The maximum Gasteiger partial charge on any atom is 0.317 e. The number of carbonyl (C=O) groups excluding carboxylic acids is 2. The summed E-state index contributed by atoms with van der Waals surface area (Å²) in [6, 6.07) is -0.157. The second-order valence-corrected chi connectivity index (χ2v) is 4.38. The van der Waals surface area contributed by atoms with E-state index in [1.165, 1.54) is 0 Å². The number of nitrogens with zero attached hydrogens (tertiary/aromatic N) is 2. The summed E-state index contributed by atoms with van der Waals surface area (Å²) in [5.41, 5.74) is 5.59. The molecular formula is C11H23ClN4O2. The molecule has 1 heterocycles. The van der Waals surface area contributed by atoms with Crippen LogP contribution < -0.4 is 11.1 Å². The molecule has 0 bridgehead atoms. The molecule has 0 aromatic rings. The van der Waals surface area contributed by atoms with E-state index in [1.807, 2.05) is 13.8 Å². The Morgan fingerprint density at radius 2 is 1.72 bits per heavy atom. The lowest BCUT2D eigenvalue weighted by Crippen LogP contribution is -2.53. The van der Waals surface area contributed by atoms with Crippen molar-refractivity contribution in [1.29, 1.82) is 0 Å². The minimum Gasteiger partial charge on any atom is -0.339 e. The van der Waals surface area contributed by atoms with Crippen molar-refractivity contribution in [3.8, 4) is 0 Å². The third kappa shape index (κ3) is 5.10. The van der Waals surface area contributed by atoms with Gasteiger partial charge in [-0.15, -0.1) is 12.4 Å². The summed E-state index contributed by atoms with van der Waals surface area (Å²) >= 11 is 0. The molecule has 106 valence electrons.